The van der Waals surface area contributed by atoms with Gasteiger partial charge in [0, 0.05) is 23.6 Å². The van der Waals surface area contributed by atoms with Crippen LogP contribution in [0, 0.1) is 5.82 Å². The van der Waals surface area contributed by atoms with Crippen LogP contribution < -0.4 is 5.73 Å². The molecule has 3 aromatic rings. The van der Waals surface area contributed by atoms with Gasteiger partial charge in [0.25, 0.3) is 0 Å². The Hall–Kier alpha value is -2.39. The topological polar surface area (TPSA) is 38.9 Å². The number of pyridine rings is 1. The van der Waals surface area contributed by atoms with Crippen LogP contribution in [0.3, 0.4) is 0 Å². The highest BCUT2D eigenvalue weighted by atomic mass is 35.5. The Balaban J connectivity index is 1.97. The van der Waals surface area contributed by atoms with Crippen LogP contribution >= 0.6 is 11.6 Å². The Kier molecular flexibility index (Phi) is 4.07. The van der Waals surface area contributed by atoms with E-state index < -0.39 is 5.82 Å². The molecule has 0 aliphatic carbocycles. The first-order valence-electron chi connectivity index (χ1n) is 6.86. The molecule has 1 heterocycles. The lowest BCUT2D eigenvalue weighted by atomic mass is 9.98. The van der Waals surface area contributed by atoms with Gasteiger partial charge in [-0.25, -0.2) is 4.39 Å². The predicted molar refractivity (Wildman–Crippen MR) is 88.3 cm³/mol. The second-order valence-corrected chi connectivity index (χ2v) is 5.49. The van der Waals surface area contributed by atoms with Crippen molar-refractivity contribution < 1.29 is 4.39 Å². The molecule has 3 rings (SSSR count). The summed E-state index contributed by atoms with van der Waals surface area (Å²) in [6, 6.07) is 14.5. The number of aromatic nitrogens is 1. The Morgan fingerprint density at radius 3 is 2.45 bits per heavy atom. The molecule has 22 heavy (non-hydrogen) atoms. The molecule has 2 aromatic carbocycles. The number of hydrogen-bond acceptors (Lipinski definition) is 2. The van der Waals surface area contributed by atoms with Crippen molar-refractivity contribution in [1.82, 2.24) is 4.98 Å². The van der Waals surface area contributed by atoms with Crippen molar-refractivity contribution >= 4 is 17.3 Å². The van der Waals surface area contributed by atoms with Crippen LogP contribution in [0.1, 0.15) is 11.1 Å². The molecule has 0 amide bonds. The number of rotatable bonds is 3. The molecule has 0 saturated carbocycles. The molecule has 110 valence electrons. The van der Waals surface area contributed by atoms with Crippen molar-refractivity contribution in [2.75, 3.05) is 5.73 Å². The molecular formula is C18H14ClFN2. The molecule has 0 bridgehead atoms. The van der Waals surface area contributed by atoms with Gasteiger partial charge in [-0.15, -0.1) is 0 Å². The summed E-state index contributed by atoms with van der Waals surface area (Å²) in [5.74, 6) is -0.433. The van der Waals surface area contributed by atoms with E-state index in [0.717, 1.165) is 23.1 Å². The fourth-order valence-electron chi connectivity index (χ4n) is 2.36. The summed E-state index contributed by atoms with van der Waals surface area (Å²) in [6.07, 6.45) is 4.32. The second-order valence-electron chi connectivity index (χ2n) is 5.08. The number of halogens is 2. The van der Waals surface area contributed by atoms with Crippen LogP contribution in [0.25, 0.3) is 11.1 Å². The Bertz CT molecular complexity index is 803. The molecule has 0 saturated heterocycles. The zero-order chi connectivity index (χ0) is 15.5. The van der Waals surface area contributed by atoms with Crippen LogP contribution in [0.2, 0.25) is 5.02 Å². The molecule has 2 nitrogen and oxygen atoms in total. The van der Waals surface area contributed by atoms with Gasteiger partial charge in [-0.3, -0.25) is 4.98 Å². The van der Waals surface area contributed by atoms with E-state index in [1.807, 2.05) is 30.3 Å². The predicted octanol–water partition coefficient (Wildman–Crippen LogP) is 4.71. The molecule has 1 aromatic heterocycles. The van der Waals surface area contributed by atoms with Crippen LogP contribution in [0.15, 0.2) is 60.9 Å². The van der Waals surface area contributed by atoms with Crippen LogP contribution in [-0.2, 0) is 6.42 Å². The van der Waals surface area contributed by atoms with Crippen molar-refractivity contribution in [3.63, 3.8) is 0 Å². The quantitative estimate of drug-likeness (QED) is 0.711. The van der Waals surface area contributed by atoms with Crippen LogP contribution in [0.5, 0.6) is 0 Å². The number of anilines is 1. The van der Waals surface area contributed by atoms with Gasteiger partial charge in [0.15, 0.2) is 0 Å². The summed E-state index contributed by atoms with van der Waals surface area (Å²) < 4.78 is 13.3. The van der Waals surface area contributed by atoms with Crippen molar-refractivity contribution in [2.45, 2.75) is 6.42 Å². The number of nitrogens with two attached hydrogens (primary N) is 1. The first kappa shape index (κ1) is 14.5. The van der Waals surface area contributed by atoms with E-state index in [2.05, 4.69) is 4.98 Å². The van der Waals surface area contributed by atoms with E-state index in [0.29, 0.717) is 5.69 Å². The van der Waals surface area contributed by atoms with Gasteiger partial charge in [0.1, 0.15) is 5.82 Å². The largest absolute Gasteiger partial charge is 0.398 e. The first-order chi connectivity index (χ1) is 10.6. The van der Waals surface area contributed by atoms with Crippen LogP contribution in [0.4, 0.5) is 10.1 Å². The van der Waals surface area contributed by atoms with Gasteiger partial charge < -0.3 is 5.73 Å². The van der Waals surface area contributed by atoms with Gasteiger partial charge >= 0.3 is 0 Å². The van der Waals surface area contributed by atoms with Crippen molar-refractivity contribution in [3.8, 4) is 11.1 Å². The third-order valence-electron chi connectivity index (χ3n) is 3.51. The SMILES string of the molecule is Nc1ccc(Cc2ccncc2)cc1-c1ccc(F)c(Cl)c1. The van der Waals surface area contributed by atoms with E-state index in [9.17, 15) is 4.39 Å². The zero-order valence-corrected chi connectivity index (χ0v) is 12.5. The lowest BCUT2D eigenvalue weighted by Gasteiger charge is -2.10. The third kappa shape index (κ3) is 3.10. The number of nitrogens with zero attached hydrogens (tertiary/aromatic N) is 1. The van der Waals surface area contributed by atoms with E-state index in [4.69, 9.17) is 17.3 Å². The second kappa shape index (κ2) is 6.16. The monoisotopic (exact) mass is 312 g/mol. The van der Waals surface area contributed by atoms with E-state index in [-0.39, 0.29) is 5.02 Å². The lowest BCUT2D eigenvalue weighted by molar-refractivity contribution is 0.628. The van der Waals surface area contributed by atoms with E-state index in [1.54, 1.807) is 24.5 Å². The Morgan fingerprint density at radius 1 is 0.955 bits per heavy atom. The van der Waals surface area contributed by atoms with Crippen molar-refractivity contribution in [1.29, 1.82) is 0 Å². The molecular weight excluding hydrogens is 299 g/mol. The van der Waals surface area contributed by atoms with E-state index in [1.165, 1.54) is 11.6 Å². The average Bonchev–Trinajstić information content (AvgIpc) is 2.53. The van der Waals surface area contributed by atoms with Crippen molar-refractivity contribution in [3.05, 3.63) is 82.9 Å². The fourth-order valence-corrected chi connectivity index (χ4v) is 2.54. The molecule has 4 heteroatoms. The molecule has 2 N–H and O–H groups in total. The molecule has 0 radical (unpaired) electrons. The lowest BCUT2D eigenvalue weighted by Crippen LogP contribution is -1.94. The van der Waals surface area contributed by atoms with Gasteiger partial charge in [0.05, 0.1) is 5.02 Å². The summed E-state index contributed by atoms with van der Waals surface area (Å²) in [6.45, 7) is 0. The van der Waals surface area contributed by atoms with Gasteiger partial charge in [-0.2, -0.15) is 0 Å². The van der Waals surface area contributed by atoms with Gasteiger partial charge in [-0.1, -0.05) is 23.7 Å². The highest BCUT2D eigenvalue weighted by Gasteiger charge is 2.08. The molecule has 0 spiro atoms. The van der Waals surface area contributed by atoms with Crippen molar-refractivity contribution in [2.24, 2.45) is 0 Å². The molecule has 0 unspecified atom stereocenters. The van der Waals surface area contributed by atoms with Gasteiger partial charge in [0.2, 0.25) is 0 Å². The van der Waals surface area contributed by atoms with Gasteiger partial charge in [-0.05, 0) is 59.5 Å². The third-order valence-corrected chi connectivity index (χ3v) is 3.80. The number of benzene rings is 2. The minimum atomic E-state index is -0.433. The standard InChI is InChI=1S/C18H14ClFN2/c19-16-11-14(2-3-17(16)20)15-10-13(1-4-18(15)21)9-12-5-7-22-8-6-12/h1-8,10-11H,9,21H2. The summed E-state index contributed by atoms with van der Waals surface area (Å²) in [4.78, 5) is 4.01. The smallest absolute Gasteiger partial charge is 0.141 e. The van der Waals surface area contributed by atoms with E-state index >= 15 is 0 Å². The summed E-state index contributed by atoms with van der Waals surface area (Å²) >= 11 is 5.86. The minimum absolute atomic E-state index is 0.0939. The Labute approximate surface area is 133 Å². The molecule has 0 aliphatic heterocycles. The highest BCUT2D eigenvalue weighted by Crippen LogP contribution is 2.30. The maximum Gasteiger partial charge on any atom is 0.141 e. The maximum absolute atomic E-state index is 13.3. The Morgan fingerprint density at radius 2 is 1.73 bits per heavy atom. The minimum Gasteiger partial charge on any atom is -0.398 e. The number of nitrogen functional groups attached to an aromatic ring is 1. The first-order valence-corrected chi connectivity index (χ1v) is 7.24. The fraction of sp³-hybridized carbons (Fsp3) is 0.0556. The highest BCUT2D eigenvalue weighted by molar-refractivity contribution is 6.31. The average molecular weight is 313 g/mol. The van der Waals surface area contributed by atoms with Crippen LogP contribution in [-0.4, -0.2) is 4.98 Å². The summed E-state index contributed by atoms with van der Waals surface area (Å²) in [5, 5.41) is 0.0939. The normalized spacial score (nSPS) is 10.6. The summed E-state index contributed by atoms with van der Waals surface area (Å²) in [5.41, 5.74) is 10.6. The molecule has 0 aliphatic rings. The number of hydrogen-bond donors (Lipinski definition) is 1. The molecule has 0 atom stereocenters. The molecule has 0 fully saturated rings. The maximum atomic E-state index is 13.3. The summed E-state index contributed by atoms with van der Waals surface area (Å²) in [7, 11) is 0. The zero-order valence-electron chi connectivity index (χ0n) is 11.8.